The van der Waals surface area contributed by atoms with Crippen molar-refractivity contribution < 1.29 is 9.53 Å². The first-order valence-electron chi connectivity index (χ1n) is 7.97. The van der Waals surface area contributed by atoms with Gasteiger partial charge in [-0.15, -0.1) is 12.3 Å². The Labute approximate surface area is 136 Å². The van der Waals surface area contributed by atoms with E-state index in [1.54, 1.807) is 7.11 Å². The van der Waals surface area contributed by atoms with Crippen LogP contribution < -0.4 is 4.74 Å². The molecule has 1 aromatic carbocycles. The Morgan fingerprint density at radius 1 is 1.43 bits per heavy atom. The van der Waals surface area contributed by atoms with E-state index in [0.29, 0.717) is 25.8 Å². The number of benzene rings is 1. The van der Waals surface area contributed by atoms with Gasteiger partial charge in [-0.3, -0.25) is 4.79 Å². The molecule has 0 bridgehead atoms. The molecule has 0 saturated carbocycles. The molecule has 0 radical (unpaired) electrons. The number of carbonyl (C=O) groups is 1. The Bertz CT molecular complexity index is 669. The molecule has 1 amide bonds. The van der Waals surface area contributed by atoms with Crippen LogP contribution in [0.2, 0.25) is 0 Å². The van der Waals surface area contributed by atoms with Gasteiger partial charge in [-0.05, 0) is 18.1 Å². The normalized spacial score (nSPS) is 17.3. The van der Waals surface area contributed by atoms with Crippen molar-refractivity contribution in [3.05, 3.63) is 29.3 Å². The van der Waals surface area contributed by atoms with Gasteiger partial charge in [0.15, 0.2) is 5.66 Å². The van der Waals surface area contributed by atoms with Crippen molar-refractivity contribution in [2.45, 2.75) is 44.3 Å². The van der Waals surface area contributed by atoms with Crippen LogP contribution in [-0.4, -0.2) is 30.1 Å². The Morgan fingerprint density at radius 3 is 2.96 bits per heavy atom. The summed E-state index contributed by atoms with van der Waals surface area (Å²) in [5, 5.41) is 8.18. The highest BCUT2D eigenvalue weighted by atomic mass is 16.5. The monoisotopic (exact) mass is 311 g/mol. The van der Waals surface area contributed by atoms with Crippen LogP contribution in [0.5, 0.6) is 5.75 Å². The zero-order valence-corrected chi connectivity index (χ0v) is 13.4. The van der Waals surface area contributed by atoms with Crippen LogP contribution in [0.25, 0.3) is 0 Å². The Kier molecular flexibility index (Phi) is 4.33. The first kappa shape index (κ1) is 15.5. The first-order chi connectivity index (χ1) is 11.2. The molecule has 0 aliphatic carbocycles. The highest BCUT2D eigenvalue weighted by Crippen LogP contribution is 2.38. The number of methoxy groups -OCH3 is 1. The zero-order valence-electron chi connectivity index (χ0n) is 13.4. The molecule has 2 aliphatic heterocycles. The zero-order chi connectivity index (χ0) is 16.3. The molecule has 0 atom stereocenters. The van der Waals surface area contributed by atoms with Crippen LogP contribution in [0.4, 0.5) is 0 Å². The number of nitrogens with zero attached hydrogens (tertiary/aromatic N) is 3. The molecular formula is C18H21N3O2. The molecule has 1 aromatic rings. The van der Waals surface area contributed by atoms with E-state index in [2.05, 4.69) is 22.2 Å². The molecule has 120 valence electrons. The van der Waals surface area contributed by atoms with Gasteiger partial charge in [0, 0.05) is 44.3 Å². The first-order valence-corrected chi connectivity index (χ1v) is 7.97. The summed E-state index contributed by atoms with van der Waals surface area (Å²) in [7, 11) is 1.69. The molecule has 0 fully saturated rings. The summed E-state index contributed by atoms with van der Waals surface area (Å²) in [6, 6.07) is 6.02. The maximum atomic E-state index is 12.5. The number of rotatable bonds is 6. The van der Waals surface area contributed by atoms with Gasteiger partial charge in [0.05, 0.1) is 7.11 Å². The van der Waals surface area contributed by atoms with E-state index < -0.39 is 0 Å². The maximum Gasteiger partial charge on any atom is 0.223 e. The van der Waals surface area contributed by atoms with Gasteiger partial charge in [-0.1, -0.05) is 12.1 Å². The molecule has 0 saturated heterocycles. The van der Waals surface area contributed by atoms with E-state index >= 15 is 0 Å². The molecule has 2 aliphatic rings. The molecule has 0 aromatic heterocycles. The van der Waals surface area contributed by atoms with Gasteiger partial charge in [0.1, 0.15) is 5.75 Å². The van der Waals surface area contributed by atoms with E-state index in [1.807, 2.05) is 17.0 Å². The van der Waals surface area contributed by atoms with E-state index in [0.717, 1.165) is 25.1 Å². The third kappa shape index (κ3) is 3.37. The summed E-state index contributed by atoms with van der Waals surface area (Å²) in [6.45, 7) is 1.38. The number of hydrogen-bond acceptors (Lipinski definition) is 4. The number of ether oxygens (including phenoxy) is 1. The highest BCUT2D eigenvalue weighted by molar-refractivity contribution is 5.76. The number of amides is 1. The summed E-state index contributed by atoms with van der Waals surface area (Å²) in [5.74, 6) is 3.69. The lowest BCUT2D eigenvalue weighted by atomic mass is 9.97. The van der Waals surface area contributed by atoms with Crippen LogP contribution in [0.15, 0.2) is 28.4 Å². The smallest absolute Gasteiger partial charge is 0.223 e. The van der Waals surface area contributed by atoms with Crippen molar-refractivity contribution in [2.75, 3.05) is 13.7 Å². The average molecular weight is 311 g/mol. The van der Waals surface area contributed by atoms with Gasteiger partial charge in [0.25, 0.3) is 0 Å². The third-order valence-electron chi connectivity index (χ3n) is 4.59. The van der Waals surface area contributed by atoms with E-state index in [4.69, 9.17) is 11.2 Å². The fourth-order valence-corrected chi connectivity index (χ4v) is 3.11. The topological polar surface area (TPSA) is 54.3 Å². The van der Waals surface area contributed by atoms with Crippen LogP contribution in [0.3, 0.4) is 0 Å². The Balaban J connectivity index is 1.56. The second kappa shape index (κ2) is 6.41. The Hall–Kier alpha value is -2.35. The summed E-state index contributed by atoms with van der Waals surface area (Å²) < 4.78 is 5.40. The molecule has 23 heavy (non-hydrogen) atoms. The molecule has 0 N–H and O–H groups in total. The fraction of sp³-hybridized carbons (Fsp3) is 0.500. The number of carbonyl (C=O) groups excluding carboxylic acids is 1. The standard InChI is InChI=1S/C18H21N3O2/c1-3-4-10-18(19-20-18)11-8-17(22)21-12-9-15-14(13-21)6-5-7-16(15)23-2/h1,5-7H,4,8-13H2,2H3. The number of hydrogen-bond donors (Lipinski definition) is 0. The maximum absolute atomic E-state index is 12.5. The van der Waals surface area contributed by atoms with Crippen LogP contribution in [0.1, 0.15) is 36.8 Å². The van der Waals surface area contributed by atoms with Gasteiger partial charge in [-0.25, -0.2) is 0 Å². The van der Waals surface area contributed by atoms with Crippen LogP contribution in [-0.2, 0) is 17.8 Å². The molecule has 3 rings (SSSR count). The highest BCUT2D eigenvalue weighted by Gasteiger charge is 2.39. The minimum atomic E-state index is -0.376. The second-order valence-corrected chi connectivity index (χ2v) is 6.05. The van der Waals surface area contributed by atoms with Crippen molar-refractivity contribution in [3.8, 4) is 18.1 Å². The second-order valence-electron chi connectivity index (χ2n) is 6.05. The Morgan fingerprint density at radius 2 is 2.26 bits per heavy atom. The number of fused-ring (bicyclic) bond motifs is 1. The summed E-state index contributed by atoms with van der Waals surface area (Å²) in [5.41, 5.74) is 2.02. The lowest BCUT2D eigenvalue weighted by Gasteiger charge is -2.30. The largest absolute Gasteiger partial charge is 0.496 e. The predicted octanol–water partition coefficient (Wildman–Crippen LogP) is 2.94. The predicted molar refractivity (Wildman–Crippen MR) is 87.0 cm³/mol. The minimum absolute atomic E-state index is 0.163. The van der Waals surface area contributed by atoms with Gasteiger partial charge in [-0.2, -0.15) is 10.2 Å². The van der Waals surface area contributed by atoms with Crippen molar-refractivity contribution in [3.63, 3.8) is 0 Å². The fourth-order valence-electron chi connectivity index (χ4n) is 3.11. The van der Waals surface area contributed by atoms with Crippen LogP contribution in [0, 0.1) is 12.3 Å². The third-order valence-corrected chi connectivity index (χ3v) is 4.59. The summed E-state index contributed by atoms with van der Waals surface area (Å²) >= 11 is 0. The average Bonchev–Trinajstić information content (AvgIpc) is 3.37. The molecule has 5 heteroatoms. The van der Waals surface area contributed by atoms with E-state index in [1.165, 1.54) is 11.1 Å². The van der Waals surface area contributed by atoms with E-state index in [-0.39, 0.29) is 11.6 Å². The summed E-state index contributed by atoms with van der Waals surface area (Å²) in [6.07, 6.45) is 8.65. The van der Waals surface area contributed by atoms with Gasteiger partial charge >= 0.3 is 0 Å². The van der Waals surface area contributed by atoms with Crippen molar-refractivity contribution >= 4 is 5.91 Å². The lowest BCUT2D eigenvalue weighted by Crippen LogP contribution is -2.36. The van der Waals surface area contributed by atoms with Crippen LogP contribution >= 0.6 is 0 Å². The van der Waals surface area contributed by atoms with Crippen molar-refractivity contribution in [2.24, 2.45) is 10.2 Å². The molecular weight excluding hydrogens is 290 g/mol. The van der Waals surface area contributed by atoms with Crippen molar-refractivity contribution in [1.29, 1.82) is 0 Å². The molecule has 5 nitrogen and oxygen atoms in total. The molecule has 0 unspecified atom stereocenters. The number of terminal acetylenes is 1. The van der Waals surface area contributed by atoms with Gasteiger partial charge in [0.2, 0.25) is 5.91 Å². The van der Waals surface area contributed by atoms with E-state index in [9.17, 15) is 4.79 Å². The molecule has 0 spiro atoms. The minimum Gasteiger partial charge on any atom is -0.496 e. The van der Waals surface area contributed by atoms with Crippen molar-refractivity contribution in [1.82, 2.24) is 4.90 Å². The quantitative estimate of drug-likeness (QED) is 0.759. The summed E-state index contributed by atoms with van der Waals surface area (Å²) in [4.78, 5) is 14.4. The lowest BCUT2D eigenvalue weighted by molar-refractivity contribution is -0.132. The SMILES string of the molecule is C#CCCC1(CCC(=O)N2CCc3c(cccc3OC)C2)N=N1. The van der Waals surface area contributed by atoms with Gasteiger partial charge < -0.3 is 9.64 Å². The molecule has 2 heterocycles.